The molecule has 0 radical (unpaired) electrons. The van der Waals surface area contributed by atoms with Crippen LogP contribution in [0.5, 0.6) is 0 Å². The Kier molecular flexibility index (Phi) is 0.932. The van der Waals surface area contributed by atoms with Crippen LogP contribution in [0.2, 0.25) is 0 Å². The van der Waals surface area contributed by atoms with Crippen LogP contribution in [0.25, 0.3) is 0 Å². The van der Waals surface area contributed by atoms with Crippen LogP contribution in [0, 0.1) is 24.3 Å². The molecule has 0 nitrogen and oxygen atoms in total. The van der Waals surface area contributed by atoms with Crippen LogP contribution in [-0.4, -0.2) is 0 Å². The van der Waals surface area contributed by atoms with Crippen LogP contribution in [-0.2, 0) is 0 Å². The SMILES string of the molecule is [2H]C([2H])([2H])c1c(F)ccc(F)c1F. The Balaban J connectivity index is 3.43. The van der Waals surface area contributed by atoms with Crippen molar-refractivity contribution in [2.24, 2.45) is 0 Å². The molecule has 0 atom stereocenters. The second kappa shape index (κ2) is 2.33. The van der Waals surface area contributed by atoms with Crippen LogP contribution in [0.15, 0.2) is 12.1 Å². The van der Waals surface area contributed by atoms with Crippen LogP contribution in [0.1, 0.15) is 9.68 Å². The Morgan fingerprint density at radius 2 is 1.80 bits per heavy atom. The fourth-order valence-electron chi connectivity index (χ4n) is 0.527. The van der Waals surface area contributed by atoms with Gasteiger partial charge < -0.3 is 0 Å². The van der Waals surface area contributed by atoms with E-state index in [1.807, 2.05) is 0 Å². The highest BCUT2D eigenvalue weighted by molar-refractivity contribution is 5.18. The van der Waals surface area contributed by atoms with Gasteiger partial charge in [0.15, 0.2) is 11.6 Å². The fraction of sp³-hybridized carbons (Fsp3) is 0.143. The lowest BCUT2D eigenvalue weighted by Crippen LogP contribution is -1.91. The first kappa shape index (κ1) is 4.01. The molecule has 0 saturated heterocycles. The first-order chi connectivity index (χ1) is 5.84. The van der Waals surface area contributed by atoms with Gasteiger partial charge in [0.25, 0.3) is 0 Å². The Labute approximate surface area is 60.5 Å². The number of benzene rings is 1. The van der Waals surface area contributed by atoms with E-state index in [2.05, 4.69) is 0 Å². The minimum absolute atomic E-state index is 0.542. The summed E-state index contributed by atoms with van der Waals surface area (Å²) in [6.07, 6.45) is 0. The average Bonchev–Trinajstić information content (AvgIpc) is 1.95. The van der Waals surface area contributed by atoms with E-state index < -0.39 is 29.9 Å². The first-order valence-electron chi connectivity index (χ1n) is 3.98. The lowest BCUT2D eigenvalue weighted by atomic mass is 10.2. The molecular formula is C7H5F3. The molecule has 10 heavy (non-hydrogen) atoms. The minimum Gasteiger partial charge on any atom is -0.207 e. The van der Waals surface area contributed by atoms with Gasteiger partial charge >= 0.3 is 0 Å². The van der Waals surface area contributed by atoms with E-state index in [9.17, 15) is 13.2 Å². The predicted molar refractivity (Wildman–Crippen MR) is 31.1 cm³/mol. The third-order valence-corrected chi connectivity index (χ3v) is 1.04. The molecule has 0 saturated carbocycles. The summed E-state index contributed by atoms with van der Waals surface area (Å²) in [6, 6.07) is 1.13. The van der Waals surface area contributed by atoms with Crippen LogP contribution in [0.4, 0.5) is 13.2 Å². The van der Waals surface area contributed by atoms with Gasteiger partial charge in [-0.2, -0.15) is 0 Å². The smallest absolute Gasteiger partial charge is 0.164 e. The molecule has 0 aliphatic rings. The number of hydrogen-bond acceptors (Lipinski definition) is 0. The average molecular weight is 149 g/mol. The highest BCUT2D eigenvalue weighted by Gasteiger charge is 2.07. The first-order valence-corrected chi connectivity index (χ1v) is 2.48. The van der Waals surface area contributed by atoms with Crippen molar-refractivity contribution in [2.45, 2.75) is 6.85 Å². The summed E-state index contributed by atoms with van der Waals surface area (Å²) >= 11 is 0. The van der Waals surface area contributed by atoms with Crippen LogP contribution < -0.4 is 0 Å². The standard InChI is InChI=1S/C7H5F3/c1-4-5(8)2-3-6(9)7(4)10/h2-3H,1H3/i1D3. The molecule has 1 rings (SSSR count). The third kappa shape index (κ3) is 0.988. The van der Waals surface area contributed by atoms with Gasteiger partial charge in [0, 0.05) is 9.68 Å². The second-order valence-electron chi connectivity index (χ2n) is 1.72. The molecule has 1 aromatic rings. The lowest BCUT2D eigenvalue weighted by Gasteiger charge is -1.97. The minimum atomic E-state index is -2.98. The van der Waals surface area contributed by atoms with Crippen molar-refractivity contribution in [3.05, 3.63) is 35.1 Å². The highest BCUT2D eigenvalue weighted by Crippen LogP contribution is 2.13. The Hall–Kier alpha value is -0.990. The molecule has 3 heteroatoms. The number of hydrogen-bond donors (Lipinski definition) is 0. The zero-order chi connectivity index (χ0) is 10.2. The van der Waals surface area contributed by atoms with E-state index in [0.29, 0.717) is 12.1 Å². The Morgan fingerprint density at radius 1 is 1.20 bits per heavy atom. The molecule has 0 unspecified atom stereocenters. The molecule has 0 heterocycles. The zero-order valence-electron chi connectivity index (χ0n) is 7.79. The van der Waals surface area contributed by atoms with Crippen LogP contribution >= 0.6 is 0 Å². The maximum Gasteiger partial charge on any atom is 0.164 e. The molecule has 0 bridgehead atoms. The van der Waals surface area contributed by atoms with Gasteiger partial charge in [-0.3, -0.25) is 0 Å². The molecule has 0 aromatic heterocycles. The Bertz CT molecular complexity index is 332. The van der Waals surface area contributed by atoms with E-state index >= 15 is 0 Å². The predicted octanol–water partition coefficient (Wildman–Crippen LogP) is 2.41. The number of rotatable bonds is 0. The summed E-state index contributed by atoms with van der Waals surface area (Å²) < 4.78 is 58.3. The molecule has 1 aromatic carbocycles. The summed E-state index contributed by atoms with van der Waals surface area (Å²) in [5.41, 5.74) is -1.20. The summed E-state index contributed by atoms with van der Waals surface area (Å²) in [5, 5.41) is 0. The molecule has 54 valence electrons. The second-order valence-corrected chi connectivity index (χ2v) is 1.72. The summed E-state index contributed by atoms with van der Waals surface area (Å²) in [7, 11) is 0. The van der Waals surface area contributed by atoms with E-state index in [1.54, 1.807) is 0 Å². The van der Waals surface area contributed by atoms with Crippen molar-refractivity contribution in [1.82, 2.24) is 0 Å². The van der Waals surface area contributed by atoms with Crippen LogP contribution in [0.3, 0.4) is 0 Å². The van der Waals surface area contributed by atoms with Gasteiger partial charge in [-0.25, -0.2) is 13.2 Å². The van der Waals surface area contributed by atoms with Crippen molar-refractivity contribution >= 4 is 0 Å². The molecule has 0 aliphatic heterocycles. The molecular weight excluding hydrogens is 141 g/mol. The highest BCUT2D eigenvalue weighted by atomic mass is 19.2. The maximum atomic E-state index is 12.8. The quantitative estimate of drug-likeness (QED) is 0.497. The normalized spacial score (nSPS) is 15.7. The van der Waals surface area contributed by atoms with Gasteiger partial charge in [0.2, 0.25) is 0 Å². The third-order valence-electron chi connectivity index (χ3n) is 1.04. The summed E-state index contributed by atoms with van der Waals surface area (Å²) in [6.45, 7) is -2.98. The maximum absolute atomic E-state index is 12.8. The van der Waals surface area contributed by atoms with Gasteiger partial charge in [-0.15, -0.1) is 0 Å². The summed E-state index contributed by atoms with van der Waals surface area (Å²) in [5.74, 6) is -4.29. The largest absolute Gasteiger partial charge is 0.207 e. The lowest BCUT2D eigenvalue weighted by molar-refractivity contribution is 0.486. The van der Waals surface area contributed by atoms with E-state index in [-0.39, 0.29) is 0 Å². The monoisotopic (exact) mass is 149 g/mol. The zero-order valence-corrected chi connectivity index (χ0v) is 4.79. The van der Waals surface area contributed by atoms with Crippen molar-refractivity contribution in [3.8, 4) is 0 Å². The van der Waals surface area contributed by atoms with Gasteiger partial charge in [-0.1, -0.05) is 0 Å². The van der Waals surface area contributed by atoms with Gasteiger partial charge in [-0.05, 0) is 19.0 Å². The molecule has 0 spiro atoms. The Morgan fingerprint density at radius 3 is 2.30 bits per heavy atom. The van der Waals surface area contributed by atoms with Gasteiger partial charge in [0.1, 0.15) is 5.82 Å². The van der Waals surface area contributed by atoms with Crippen molar-refractivity contribution in [3.63, 3.8) is 0 Å². The fourth-order valence-corrected chi connectivity index (χ4v) is 0.527. The topological polar surface area (TPSA) is 0 Å². The van der Waals surface area contributed by atoms with Crippen molar-refractivity contribution in [2.75, 3.05) is 0 Å². The number of halogens is 3. The molecule has 0 fully saturated rings. The molecule has 0 amide bonds. The molecule has 0 aliphatic carbocycles. The molecule has 0 N–H and O–H groups in total. The van der Waals surface area contributed by atoms with E-state index in [4.69, 9.17) is 4.11 Å². The summed E-state index contributed by atoms with van der Waals surface area (Å²) in [4.78, 5) is 0. The van der Waals surface area contributed by atoms with E-state index in [1.165, 1.54) is 0 Å². The van der Waals surface area contributed by atoms with E-state index in [0.717, 1.165) is 0 Å². The van der Waals surface area contributed by atoms with Crippen molar-refractivity contribution in [1.29, 1.82) is 0 Å². The van der Waals surface area contributed by atoms with Crippen molar-refractivity contribution < 1.29 is 17.3 Å². The van der Waals surface area contributed by atoms with Gasteiger partial charge in [0.05, 0.1) is 0 Å².